The first-order valence-electron chi connectivity index (χ1n) is 7.66. The molecule has 1 saturated heterocycles. The Bertz CT molecular complexity index is 664. The van der Waals surface area contributed by atoms with Gasteiger partial charge in [-0.15, -0.1) is 0 Å². The lowest BCUT2D eigenvalue weighted by atomic mass is 10.0. The van der Waals surface area contributed by atoms with Crippen LogP contribution in [0.1, 0.15) is 24.9 Å². The van der Waals surface area contributed by atoms with E-state index < -0.39 is 15.4 Å². The topological polar surface area (TPSA) is 104 Å². The van der Waals surface area contributed by atoms with Gasteiger partial charge in [-0.3, -0.25) is 4.99 Å². The van der Waals surface area contributed by atoms with Gasteiger partial charge < -0.3 is 20.2 Å². The molecule has 0 saturated carbocycles. The summed E-state index contributed by atoms with van der Waals surface area (Å²) in [6.07, 6.45) is 0.676. The average Bonchev–Trinajstić information content (AvgIpc) is 3.05. The van der Waals surface area contributed by atoms with Crippen molar-refractivity contribution < 1.29 is 17.9 Å². The van der Waals surface area contributed by atoms with E-state index in [0.29, 0.717) is 24.7 Å². The summed E-state index contributed by atoms with van der Waals surface area (Å²) in [7, 11) is -1.24. The van der Waals surface area contributed by atoms with Gasteiger partial charge in [0.1, 0.15) is 17.1 Å². The number of nitrogens with zero attached hydrogens (tertiary/aromatic N) is 1. The van der Waals surface area contributed by atoms with Crippen LogP contribution in [0.15, 0.2) is 21.5 Å². The number of sulfone groups is 1. The van der Waals surface area contributed by atoms with Crippen molar-refractivity contribution >= 4 is 15.8 Å². The Balaban J connectivity index is 1.83. The van der Waals surface area contributed by atoms with E-state index in [-0.39, 0.29) is 24.0 Å². The zero-order valence-corrected chi connectivity index (χ0v) is 14.6. The normalized spacial score (nSPS) is 23.5. The molecule has 2 unspecified atom stereocenters. The predicted octanol–water partition coefficient (Wildman–Crippen LogP) is 0.395. The highest BCUT2D eigenvalue weighted by molar-refractivity contribution is 7.91. The Labute approximate surface area is 137 Å². The largest absolute Gasteiger partial charge is 0.463 e. The highest BCUT2D eigenvalue weighted by Gasteiger charge is 2.29. The molecule has 130 valence electrons. The van der Waals surface area contributed by atoms with Crippen LogP contribution < -0.4 is 10.6 Å². The molecule has 1 aromatic rings. The summed E-state index contributed by atoms with van der Waals surface area (Å²) in [5.41, 5.74) is -1.16. The van der Waals surface area contributed by atoms with Gasteiger partial charge in [0.15, 0.2) is 15.8 Å². The SMILES string of the molecule is CN=C(NCC1CCS(=O)(=O)C1)NCC(C)(O)c1ccc(C)o1. The molecule has 1 aliphatic heterocycles. The van der Waals surface area contributed by atoms with Crippen molar-refractivity contribution in [2.75, 3.05) is 31.6 Å². The zero-order valence-electron chi connectivity index (χ0n) is 13.8. The van der Waals surface area contributed by atoms with E-state index >= 15 is 0 Å². The van der Waals surface area contributed by atoms with Crippen LogP contribution in [0.5, 0.6) is 0 Å². The van der Waals surface area contributed by atoms with Crippen molar-refractivity contribution in [1.29, 1.82) is 0 Å². The molecule has 1 aliphatic rings. The van der Waals surface area contributed by atoms with Crippen LogP contribution in [-0.4, -0.2) is 51.1 Å². The third kappa shape index (κ3) is 4.97. The van der Waals surface area contributed by atoms with Crippen LogP contribution in [0.4, 0.5) is 0 Å². The monoisotopic (exact) mass is 343 g/mol. The Morgan fingerprint density at radius 3 is 2.74 bits per heavy atom. The van der Waals surface area contributed by atoms with E-state index in [9.17, 15) is 13.5 Å². The first-order chi connectivity index (χ1) is 10.7. The van der Waals surface area contributed by atoms with Crippen LogP contribution in [0.2, 0.25) is 0 Å². The van der Waals surface area contributed by atoms with Gasteiger partial charge >= 0.3 is 0 Å². The highest BCUT2D eigenvalue weighted by atomic mass is 32.2. The van der Waals surface area contributed by atoms with Crippen molar-refractivity contribution in [2.24, 2.45) is 10.9 Å². The Hall–Kier alpha value is -1.54. The van der Waals surface area contributed by atoms with Gasteiger partial charge in [-0.1, -0.05) is 0 Å². The smallest absolute Gasteiger partial charge is 0.191 e. The molecule has 3 N–H and O–H groups in total. The summed E-state index contributed by atoms with van der Waals surface area (Å²) in [5.74, 6) is 2.34. The fraction of sp³-hybridized carbons (Fsp3) is 0.667. The first kappa shape index (κ1) is 17.8. The van der Waals surface area contributed by atoms with Gasteiger partial charge in [0.05, 0.1) is 18.1 Å². The fourth-order valence-electron chi connectivity index (χ4n) is 2.56. The third-order valence-electron chi connectivity index (χ3n) is 3.98. The maximum atomic E-state index is 11.5. The lowest BCUT2D eigenvalue weighted by molar-refractivity contribution is 0.0378. The van der Waals surface area contributed by atoms with Crippen molar-refractivity contribution in [3.8, 4) is 0 Å². The lowest BCUT2D eigenvalue weighted by Crippen LogP contribution is -2.45. The number of hydrogen-bond acceptors (Lipinski definition) is 5. The maximum Gasteiger partial charge on any atom is 0.191 e. The van der Waals surface area contributed by atoms with E-state index in [1.807, 2.05) is 6.92 Å². The molecule has 2 atom stereocenters. The molecule has 0 aromatic carbocycles. The lowest BCUT2D eigenvalue weighted by Gasteiger charge is -2.23. The summed E-state index contributed by atoms with van der Waals surface area (Å²) in [5, 5.41) is 16.6. The molecule has 0 spiro atoms. The van der Waals surface area contributed by atoms with Crippen molar-refractivity contribution in [3.05, 3.63) is 23.7 Å². The highest BCUT2D eigenvalue weighted by Crippen LogP contribution is 2.22. The van der Waals surface area contributed by atoms with Gasteiger partial charge in [-0.25, -0.2) is 8.42 Å². The summed E-state index contributed by atoms with van der Waals surface area (Å²) in [6, 6.07) is 3.55. The number of aryl methyl sites for hydroxylation is 1. The maximum absolute atomic E-state index is 11.5. The van der Waals surface area contributed by atoms with E-state index in [0.717, 1.165) is 5.76 Å². The Morgan fingerprint density at radius 1 is 1.48 bits per heavy atom. The van der Waals surface area contributed by atoms with Crippen LogP contribution >= 0.6 is 0 Å². The van der Waals surface area contributed by atoms with Gasteiger partial charge in [-0.2, -0.15) is 0 Å². The fourth-order valence-corrected chi connectivity index (χ4v) is 4.42. The Kier molecular flexibility index (Phi) is 5.36. The number of rotatable bonds is 5. The number of hydrogen-bond donors (Lipinski definition) is 3. The minimum atomic E-state index is -2.87. The van der Waals surface area contributed by atoms with Crippen LogP contribution in [0, 0.1) is 12.8 Å². The molecule has 0 amide bonds. The number of aliphatic hydroxyl groups is 1. The number of aliphatic imine (C=N–C) groups is 1. The number of nitrogens with one attached hydrogen (secondary N) is 2. The molecule has 0 aliphatic carbocycles. The third-order valence-corrected chi connectivity index (χ3v) is 5.82. The minimum Gasteiger partial charge on any atom is -0.463 e. The molecule has 1 aromatic heterocycles. The molecular formula is C15H25N3O4S. The first-order valence-corrected chi connectivity index (χ1v) is 9.48. The van der Waals surface area contributed by atoms with Gasteiger partial charge in [0.25, 0.3) is 0 Å². The summed E-state index contributed by atoms with van der Waals surface area (Å²) >= 11 is 0. The average molecular weight is 343 g/mol. The van der Waals surface area contributed by atoms with E-state index in [1.54, 1.807) is 26.1 Å². The summed E-state index contributed by atoms with van der Waals surface area (Å²) in [4.78, 5) is 4.09. The second kappa shape index (κ2) is 6.92. The summed E-state index contributed by atoms with van der Waals surface area (Å²) < 4.78 is 28.4. The molecule has 8 heteroatoms. The number of furan rings is 1. The zero-order chi connectivity index (χ0) is 17.1. The van der Waals surface area contributed by atoms with Crippen LogP contribution in [0.3, 0.4) is 0 Å². The van der Waals surface area contributed by atoms with Gasteiger partial charge in [-0.05, 0) is 38.3 Å². The van der Waals surface area contributed by atoms with Gasteiger partial charge in [0, 0.05) is 13.6 Å². The molecule has 7 nitrogen and oxygen atoms in total. The van der Waals surface area contributed by atoms with Crippen molar-refractivity contribution in [3.63, 3.8) is 0 Å². The second-order valence-electron chi connectivity index (χ2n) is 6.26. The Morgan fingerprint density at radius 2 is 2.22 bits per heavy atom. The molecule has 23 heavy (non-hydrogen) atoms. The van der Waals surface area contributed by atoms with Crippen LogP contribution in [0.25, 0.3) is 0 Å². The van der Waals surface area contributed by atoms with Crippen molar-refractivity contribution in [1.82, 2.24) is 10.6 Å². The summed E-state index contributed by atoms with van der Waals surface area (Å²) in [6.45, 7) is 4.25. The molecule has 0 radical (unpaired) electrons. The van der Waals surface area contributed by atoms with E-state index in [4.69, 9.17) is 4.42 Å². The predicted molar refractivity (Wildman–Crippen MR) is 89.1 cm³/mol. The van der Waals surface area contributed by atoms with Crippen molar-refractivity contribution in [2.45, 2.75) is 25.9 Å². The molecule has 2 rings (SSSR count). The van der Waals surface area contributed by atoms with Crippen LogP contribution in [-0.2, 0) is 15.4 Å². The number of guanidine groups is 1. The quantitative estimate of drug-likeness (QED) is 0.528. The molecule has 0 bridgehead atoms. The molecule has 1 fully saturated rings. The van der Waals surface area contributed by atoms with E-state index in [2.05, 4.69) is 15.6 Å². The standard InChI is InChI=1S/C15H25N3O4S/c1-11-4-5-13(22-11)15(2,19)10-18-14(16-3)17-8-12-6-7-23(20,21)9-12/h4-5,12,19H,6-10H2,1-3H3,(H2,16,17,18). The minimum absolute atomic E-state index is 0.104. The molecular weight excluding hydrogens is 318 g/mol. The second-order valence-corrected chi connectivity index (χ2v) is 8.49. The molecule has 2 heterocycles. The van der Waals surface area contributed by atoms with E-state index in [1.165, 1.54) is 0 Å². The van der Waals surface area contributed by atoms with Gasteiger partial charge in [0.2, 0.25) is 0 Å².